The zero-order valence-corrected chi connectivity index (χ0v) is 18.5. The smallest absolute Gasteiger partial charge is 0.223 e. The van der Waals surface area contributed by atoms with Gasteiger partial charge < -0.3 is 9.64 Å². The summed E-state index contributed by atoms with van der Waals surface area (Å²) in [4.78, 5) is 21.7. The van der Waals surface area contributed by atoms with Crippen LogP contribution in [-0.2, 0) is 11.2 Å². The van der Waals surface area contributed by atoms with Crippen molar-refractivity contribution >= 4 is 5.91 Å². The number of nitrogens with zero attached hydrogens (tertiary/aromatic N) is 3. The number of carbonyl (C=O) groups excluding carboxylic acids is 1. The molecule has 1 amide bonds. The van der Waals surface area contributed by atoms with E-state index in [4.69, 9.17) is 4.74 Å². The maximum atomic E-state index is 13.1. The lowest BCUT2D eigenvalue weighted by atomic mass is 9.87. The summed E-state index contributed by atoms with van der Waals surface area (Å²) < 4.78 is 5.27. The van der Waals surface area contributed by atoms with Gasteiger partial charge in [-0.25, -0.2) is 5.43 Å². The molecular weight excluding hydrogens is 390 g/mol. The van der Waals surface area contributed by atoms with Gasteiger partial charge >= 0.3 is 0 Å². The first kappa shape index (κ1) is 21.7. The number of carbonyl (C=O) groups is 1. The van der Waals surface area contributed by atoms with Gasteiger partial charge in [-0.15, -0.1) is 0 Å². The van der Waals surface area contributed by atoms with Gasteiger partial charge in [0.15, 0.2) is 0 Å². The number of pyridine rings is 1. The minimum Gasteiger partial charge on any atom is -0.497 e. The number of hydrogen-bond acceptors (Lipinski definition) is 6. The monoisotopic (exact) mass is 423 g/mol. The Kier molecular flexibility index (Phi) is 7.17. The Hall–Kier alpha value is -2.48. The summed E-state index contributed by atoms with van der Waals surface area (Å²) in [5.41, 5.74) is 9.20. The van der Waals surface area contributed by atoms with Gasteiger partial charge in [-0.05, 0) is 48.7 Å². The molecule has 0 bridgehead atoms. The number of nitrogens with one attached hydrogen (secondary N) is 2. The molecule has 0 spiro atoms. The van der Waals surface area contributed by atoms with Crippen LogP contribution in [0.5, 0.6) is 5.75 Å². The molecule has 1 aromatic carbocycles. The number of hydrogen-bond donors (Lipinski definition) is 2. The molecule has 0 saturated carbocycles. The highest BCUT2D eigenvalue weighted by atomic mass is 16.5. The van der Waals surface area contributed by atoms with Crippen molar-refractivity contribution in [2.45, 2.75) is 31.8 Å². The maximum Gasteiger partial charge on any atom is 0.223 e. The lowest BCUT2D eigenvalue weighted by Gasteiger charge is -2.35. The fourth-order valence-corrected chi connectivity index (χ4v) is 4.55. The molecule has 2 aromatic rings. The third kappa shape index (κ3) is 5.42. The van der Waals surface area contributed by atoms with Crippen LogP contribution in [0.3, 0.4) is 0 Å². The van der Waals surface area contributed by atoms with Crippen LogP contribution in [0, 0.1) is 5.92 Å². The van der Waals surface area contributed by atoms with Gasteiger partial charge in [0.05, 0.1) is 13.2 Å². The summed E-state index contributed by atoms with van der Waals surface area (Å²) in [5.74, 6) is 1.32. The second-order valence-corrected chi connectivity index (χ2v) is 8.52. The summed E-state index contributed by atoms with van der Waals surface area (Å²) in [6.07, 6.45) is 5.27. The molecule has 7 nitrogen and oxygen atoms in total. The third-order valence-corrected chi connectivity index (χ3v) is 6.61. The van der Waals surface area contributed by atoms with Gasteiger partial charge in [-0.1, -0.05) is 12.1 Å². The van der Waals surface area contributed by atoms with E-state index in [0.29, 0.717) is 6.42 Å². The molecule has 3 atom stereocenters. The Morgan fingerprint density at radius 2 is 1.77 bits per heavy atom. The van der Waals surface area contributed by atoms with Crippen molar-refractivity contribution in [1.29, 1.82) is 0 Å². The molecule has 2 aliphatic heterocycles. The molecule has 2 N–H and O–H groups in total. The quantitative estimate of drug-likeness (QED) is 0.710. The van der Waals surface area contributed by atoms with E-state index in [9.17, 15) is 4.79 Å². The average molecular weight is 424 g/mol. The van der Waals surface area contributed by atoms with Gasteiger partial charge in [0.1, 0.15) is 5.75 Å². The largest absolute Gasteiger partial charge is 0.497 e. The van der Waals surface area contributed by atoms with Gasteiger partial charge in [0, 0.05) is 63.5 Å². The van der Waals surface area contributed by atoms with E-state index in [0.717, 1.165) is 44.9 Å². The minimum atomic E-state index is 0.117. The van der Waals surface area contributed by atoms with Gasteiger partial charge in [0.2, 0.25) is 5.91 Å². The van der Waals surface area contributed by atoms with Crippen molar-refractivity contribution in [2.24, 2.45) is 5.92 Å². The number of piperazine rings is 1. The molecule has 2 aliphatic rings. The number of ether oxygens (including phenoxy) is 1. The first-order valence-electron chi connectivity index (χ1n) is 11.2. The molecule has 31 heavy (non-hydrogen) atoms. The highest BCUT2D eigenvalue weighted by molar-refractivity contribution is 5.76. The van der Waals surface area contributed by atoms with Gasteiger partial charge in [-0.3, -0.25) is 20.1 Å². The van der Waals surface area contributed by atoms with Crippen LogP contribution in [0.2, 0.25) is 0 Å². The predicted molar refractivity (Wildman–Crippen MR) is 121 cm³/mol. The molecular formula is C24H33N5O2. The SMILES string of the molecule is COc1ccc(C2NNC(C)C2CC(=O)N2CCN(CCc3ccncc3)CC2)cc1. The van der Waals surface area contributed by atoms with Crippen LogP contribution in [0.15, 0.2) is 48.8 Å². The Labute approximate surface area is 184 Å². The summed E-state index contributed by atoms with van der Waals surface area (Å²) in [6, 6.07) is 12.6. The molecule has 4 rings (SSSR count). The number of rotatable bonds is 7. The number of methoxy groups -OCH3 is 1. The number of hydrazine groups is 1. The van der Waals surface area contributed by atoms with Crippen molar-refractivity contribution in [3.63, 3.8) is 0 Å². The first-order valence-corrected chi connectivity index (χ1v) is 11.2. The Morgan fingerprint density at radius 3 is 2.45 bits per heavy atom. The van der Waals surface area contributed by atoms with Crippen LogP contribution in [0.1, 0.15) is 30.5 Å². The Bertz CT molecular complexity index is 837. The number of benzene rings is 1. The van der Waals surface area contributed by atoms with Crippen molar-refractivity contribution in [3.05, 3.63) is 59.9 Å². The second kappa shape index (κ2) is 10.2. The summed E-state index contributed by atoms with van der Waals surface area (Å²) in [5, 5.41) is 0. The first-order chi connectivity index (χ1) is 15.1. The van der Waals surface area contributed by atoms with E-state index < -0.39 is 0 Å². The fourth-order valence-electron chi connectivity index (χ4n) is 4.55. The van der Waals surface area contributed by atoms with Crippen LogP contribution in [-0.4, -0.2) is 66.6 Å². The van der Waals surface area contributed by atoms with Gasteiger partial charge in [0.25, 0.3) is 0 Å². The number of amides is 1. The summed E-state index contributed by atoms with van der Waals surface area (Å²) in [6.45, 7) is 6.67. The van der Waals surface area contributed by atoms with E-state index >= 15 is 0 Å². The lowest BCUT2D eigenvalue weighted by Crippen LogP contribution is -2.49. The zero-order valence-electron chi connectivity index (χ0n) is 18.5. The zero-order chi connectivity index (χ0) is 21.6. The van der Waals surface area contributed by atoms with E-state index in [1.807, 2.05) is 29.4 Å². The minimum absolute atomic E-state index is 0.117. The average Bonchev–Trinajstić information content (AvgIpc) is 3.18. The standard InChI is InChI=1S/C24H33N5O2/c1-18-22(24(27-26-18)20-3-5-21(31-2)6-4-20)17-23(30)29-15-13-28(14-16-29)12-9-19-7-10-25-11-8-19/h3-8,10-11,18,22,24,26-27H,9,12-17H2,1-2H3. The molecule has 0 aliphatic carbocycles. The molecule has 7 heteroatoms. The molecule has 0 radical (unpaired) electrons. The molecule has 3 unspecified atom stereocenters. The lowest BCUT2D eigenvalue weighted by molar-refractivity contribution is -0.134. The van der Waals surface area contributed by atoms with E-state index in [2.05, 4.69) is 51.9 Å². The fraction of sp³-hybridized carbons (Fsp3) is 0.500. The Balaban J connectivity index is 1.28. The molecule has 2 saturated heterocycles. The summed E-state index contributed by atoms with van der Waals surface area (Å²) >= 11 is 0. The molecule has 3 heterocycles. The highest BCUT2D eigenvalue weighted by Crippen LogP contribution is 2.32. The molecule has 166 valence electrons. The van der Waals surface area contributed by atoms with Crippen LogP contribution < -0.4 is 15.6 Å². The van der Waals surface area contributed by atoms with Crippen LogP contribution >= 0.6 is 0 Å². The van der Waals surface area contributed by atoms with Crippen molar-refractivity contribution in [3.8, 4) is 5.75 Å². The maximum absolute atomic E-state index is 13.1. The topological polar surface area (TPSA) is 69.7 Å². The van der Waals surface area contributed by atoms with E-state index in [1.54, 1.807) is 7.11 Å². The van der Waals surface area contributed by atoms with Crippen LogP contribution in [0.25, 0.3) is 0 Å². The van der Waals surface area contributed by atoms with Gasteiger partial charge in [-0.2, -0.15) is 0 Å². The van der Waals surface area contributed by atoms with Crippen molar-refractivity contribution < 1.29 is 9.53 Å². The Morgan fingerprint density at radius 1 is 1.06 bits per heavy atom. The van der Waals surface area contributed by atoms with E-state index in [1.165, 1.54) is 11.1 Å². The summed E-state index contributed by atoms with van der Waals surface area (Å²) in [7, 11) is 1.67. The molecule has 1 aromatic heterocycles. The third-order valence-electron chi connectivity index (χ3n) is 6.61. The number of aromatic nitrogens is 1. The van der Waals surface area contributed by atoms with E-state index in [-0.39, 0.29) is 23.9 Å². The van der Waals surface area contributed by atoms with Crippen LogP contribution in [0.4, 0.5) is 0 Å². The molecule has 2 fully saturated rings. The second-order valence-electron chi connectivity index (χ2n) is 8.52. The predicted octanol–water partition coefficient (Wildman–Crippen LogP) is 2.02. The normalized spacial score (nSPS) is 24.3. The van der Waals surface area contributed by atoms with Crippen molar-refractivity contribution in [2.75, 3.05) is 39.8 Å². The highest BCUT2D eigenvalue weighted by Gasteiger charge is 2.36. The van der Waals surface area contributed by atoms with Crippen molar-refractivity contribution in [1.82, 2.24) is 25.6 Å².